The van der Waals surface area contributed by atoms with Crippen LogP contribution in [0.15, 0.2) is 12.1 Å². The van der Waals surface area contributed by atoms with Crippen LogP contribution in [-0.2, 0) is 6.18 Å². The Labute approximate surface area is 121 Å². The van der Waals surface area contributed by atoms with Crippen LogP contribution in [0.3, 0.4) is 0 Å². The Morgan fingerprint density at radius 1 is 1.25 bits per heavy atom. The number of pyridine rings is 1. The molecule has 1 aliphatic carbocycles. The van der Waals surface area contributed by atoms with Gasteiger partial charge in [0.15, 0.2) is 0 Å². The fourth-order valence-electron chi connectivity index (χ4n) is 2.66. The first kappa shape index (κ1) is 15.4. The number of aromatic nitrogens is 1. The van der Waals surface area contributed by atoms with Crippen molar-refractivity contribution in [3.63, 3.8) is 0 Å². The number of nitrogens with zero attached hydrogens (tertiary/aromatic N) is 1. The smallest absolute Gasteiger partial charge is 0.370 e. The summed E-state index contributed by atoms with van der Waals surface area (Å²) in [5.41, 5.74) is -0.768. The first-order valence-electron chi connectivity index (χ1n) is 6.94. The minimum Gasteiger partial charge on any atom is -0.370 e. The highest BCUT2D eigenvalue weighted by Gasteiger charge is 2.31. The molecule has 0 aliphatic heterocycles. The molecule has 0 bridgehead atoms. The van der Waals surface area contributed by atoms with Gasteiger partial charge in [-0.3, -0.25) is 0 Å². The molecule has 1 heterocycles. The molecule has 1 fully saturated rings. The number of rotatable bonds is 5. The van der Waals surface area contributed by atoms with Crippen LogP contribution in [0, 0.1) is 5.92 Å². The molecule has 2 rings (SSSR count). The van der Waals surface area contributed by atoms with Gasteiger partial charge in [0.1, 0.15) is 11.0 Å². The van der Waals surface area contributed by atoms with Crippen molar-refractivity contribution in [3.8, 4) is 0 Å². The maximum atomic E-state index is 12.6. The zero-order valence-corrected chi connectivity index (χ0v) is 11.9. The zero-order valence-electron chi connectivity index (χ0n) is 11.1. The molecule has 1 saturated carbocycles. The summed E-state index contributed by atoms with van der Waals surface area (Å²) in [6.07, 6.45) is 2.86. The van der Waals surface area contributed by atoms with Crippen molar-refractivity contribution in [3.05, 3.63) is 22.8 Å². The van der Waals surface area contributed by atoms with Crippen molar-refractivity contribution < 1.29 is 13.2 Å². The van der Waals surface area contributed by atoms with Crippen molar-refractivity contribution in [2.24, 2.45) is 5.92 Å². The molecular weight excluding hydrogens is 289 g/mol. The van der Waals surface area contributed by atoms with E-state index < -0.39 is 11.7 Å². The molecule has 0 radical (unpaired) electrons. The quantitative estimate of drug-likeness (QED) is 0.602. The molecule has 1 N–H and O–H groups in total. The minimum absolute atomic E-state index is 0.141. The summed E-state index contributed by atoms with van der Waals surface area (Å²) in [7, 11) is 0. The third-order valence-electron chi connectivity index (χ3n) is 3.69. The Balaban J connectivity index is 1.84. The molecule has 1 aromatic rings. The molecule has 6 heteroatoms. The highest BCUT2D eigenvalue weighted by atomic mass is 35.5. The molecule has 1 aromatic heterocycles. The lowest BCUT2D eigenvalue weighted by atomic mass is 10.0. The van der Waals surface area contributed by atoms with Gasteiger partial charge in [-0.2, -0.15) is 13.2 Å². The van der Waals surface area contributed by atoms with E-state index in [0.717, 1.165) is 30.9 Å². The van der Waals surface area contributed by atoms with Gasteiger partial charge in [0.2, 0.25) is 0 Å². The standard InChI is InChI=1S/C14H18ClF3N2/c15-12-8-11(14(16,17)18)9-13(20-12)19-7-3-6-10-4-1-2-5-10/h8-10H,1-7H2,(H,19,20). The highest BCUT2D eigenvalue weighted by molar-refractivity contribution is 6.29. The van der Waals surface area contributed by atoms with Crippen molar-refractivity contribution >= 4 is 17.4 Å². The summed E-state index contributed by atoms with van der Waals surface area (Å²) in [6, 6.07) is 1.84. The molecule has 0 atom stereocenters. The Kier molecular flexibility index (Phi) is 5.13. The van der Waals surface area contributed by atoms with E-state index in [0.29, 0.717) is 6.54 Å². The predicted octanol–water partition coefficient (Wildman–Crippen LogP) is 5.14. The van der Waals surface area contributed by atoms with E-state index >= 15 is 0 Å². The highest BCUT2D eigenvalue weighted by Crippen LogP contribution is 2.32. The zero-order chi connectivity index (χ0) is 14.6. The van der Waals surface area contributed by atoms with Gasteiger partial charge in [0, 0.05) is 6.54 Å². The second-order valence-corrected chi connectivity index (χ2v) is 5.67. The van der Waals surface area contributed by atoms with Crippen molar-refractivity contribution in [2.45, 2.75) is 44.7 Å². The van der Waals surface area contributed by atoms with Crippen molar-refractivity contribution in [1.82, 2.24) is 4.98 Å². The molecule has 0 spiro atoms. The Morgan fingerprint density at radius 3 is 2.60 bits per heavy atom. The molecule has 2 nitrogen and oxygen atoms in total. The number of hydrogen-bond donors (Lipinski definition) is 1. The second-order valence-electron chi connectivity index (χ2n) is 5.28. The fraction of sp³-hybridized carbons (Fsp3) is 0.643. The van der Waals surface area contributed by atoms with Gasteiger partial charge in [-0.05, 0) is 30.9 Å². The van der Waals surface area contributed by atoms with Gasteiger partial charge >= 0.3 is 6.18 Å². The van der Waals surface area contributed by atoms with Crippen LogP contribution in [-0.4, -0.2) is 11.5 Å². The Morgan fingerprint density at radius 2 is 1.95 bits per heavy atom. The van der Waals surface area contributed by atoms with Gasteiger partial charge < -0.3 is 5.32 Å². The summed E-state index contributed by atoms with van der Waals surface area (Å²) in [5, 5.41) is 2.79. The van der Waals surface area contributed by atoms with E-state index in [4.69, 9.17) is 11.6 Å². The van der Waals surface area contributed by atoms with Crippen LogP contribution < -0.4 is 5.32 Å². The summed E-state index contributed by atoms with van der Waals surface area (Å²) >= 11 is 5.62. The average molecular weight is 307 g/mol. The number of halogens is 4. The largest absolute Gasteiger partial charge is 0.416 e. The van der Waals surface area contributed by atoms with Gasteiger partial charge in [0.25, 0.3) is 0 Å². The molecule has 112 valence electrons. The molecule has 0 aromatic carbocycles. The van der Waals surface area contributed by atoms with Crippen LogP contribution in [0.5, 0.6) is 0 Å². The molecule has 1 aliphatic rings. The van der Waals surface area contributed by atoms with E-state index in [1.165, 1.54) is 25.7 Å². The monoisotopic (exact) mass is 306 g/mol. The molecule has 0 amide bonds. The van der Waals surface area contributed by atoms with Crippen molar-refractivity contribution in [1.29, 1.82) is 0 Å². The van der Waals surface area contributed by atoms with Gasteiger partial charge in [-0.15, -0.1) is 0 Å². The Bertz CT molecular complexity index is 443. The van der Waals surface area contributed by atoms with Gasteiger partial charge in [0.05, 0.1) is 5.56 Å². The first-order valence-corrected chi connectivity index (χ1v) is 7.31. The third kappa shape index (κ3) is 4.54. The molecular formula is C14H18ClF3N2. The first-order chi connectivity index (χ1) is 9.45. The fourth-order valence-corrected chi connectivity index (χ4v) is 2.87. The topological polar surface area (TPSA) is 24.9 Å². The van der Waals surface area contributed by atoms with Gasteiger partial charge in [-0.25, -0.2) is 4.98 Å². The predicted molar refractivity (Wildman–Crippen MR) is 73.9 cm³/mol. The lowest BCUT2D eigenvalue weighted by Gasteiger charge is -2.12. The van der Waals surface area contributed by atoms with E-state index in [-0.39, 0.29) is 11.0 Å². The second kappa shape index (κ2) is 6.66. The van der Waals surface area contributed by atoms with E-state index in [9.17, 15) is 13.2 Å². The maximum absolute atomic E-state index is 12.6. The third-order valence-corrected chi connectivity index (χ3v) is 3.89. The number of nitrogens with one attached hydrogen (secondary N) is 1. The summed E-state index contributed by atoms with van der Waals surface area (Å²) in [4.78, 5) is 3.87. The van der Waals surface area contributed by atoms with Crippen molar-refractivity contribution in [2.75, 3.05) is 11.9 Å². The van der Waals surface area contributed by atoms with Crippen LogP contribution in [0.4, 0.5) is 19.0 Å². The van der Waals surface area contributed by atoms with E-state index in [2.05, 4.69) is 10.3 Å². The lowest BCUT2D eigenvalue weighted by molar-refractivity contribution is -0.137. The number of hydrogen-bond acceptors (Lipinski definition) is 2. The SMILES string of the molecule is FC(F)(F)c1cc(Cl)nc(NCCCC2CCCC2)c1. The normalized spacial score (nSPS) is 16.6. The summed E-state index contributed by atoms with van der Waals surface area (Å²) in [6.45, 7) is 0.626. The van der Waals surface area contributed by atoms with Crippen LogP contribution >= 0.6 is 11.6 Å². The maximum Gasteiger partial charge on any atom is 0.416 e. The molecule has 0 saturated heterocycles. The van der Waals surface area contributed by atoms with E-state index in [1.54, 1.807) is 0 Å². The number of alkyl halides is 3. The molecule has 0 unspecified atom stereocenters. The van der Waals surface area contributed by atoms with Gasteiger partial charge in [-0.1, -0.05) is 37.3 Å². The van der Waals surface area contributed by atoms with E-state index in [1.807, 2.05) is 0 Å². The summed E-state index contributed by atoms with van der Waals surface area (Å²) in [5.74, 6) is 0.978. The average Bonchev–Trinajstić information content (AvgIpc) is 2.86. The van der Waals surface area contributed by atoms with Crippen LogP contribution in [0.25, 0.3) is 0 Å². The lowest BCUT2D eigenvalue weighted by Crippen LogP contribution is -2.09. The van der Waals surface area contributed by atoms with Crippen LogP contribution in [0.1, 0.15) is 44.1 Å². The molecule has 20 heavy (non-hydrogen) atoms. The van der Waals surface area contributed by atoms with Crippen LogP contribution in [0.2, 0.25) is 5.15 Å². The number of anilines is 1. The minimum atomic E-state index is -4.40. The Hall–Kier alpha value is -0.970. The summed E-state index contributed by atoms with van der Waals surface area (Å²) < 4.78 is 37.9.